The van der Waals surface area contributed by atoms with Crippen LogP contribution in [0.1, 0.15) is 44.9 Å². The maximum absolute atomic E-state index is 13.1. The number of carbonyl (C=O) groups excluding carboxylic acids is 2. The van der Waals surface area contributed by atoms with Gasteiger partial charge in [0.25, 0.3) is 0 Å². The minimum absolute atomic E-state index is 0.119. The van der Waals surface area contributed by atoms with Crippen LogP contribution in [0.3, 0.4) is 0 Å². The fraction of sp³-hybridized carbons (Fsp3) is 0.296. The van der Waals surface area contributed by atoms with Gasteiger partial charge in [-0.05, 0) is 63.6 Å². The van der Waals surface area contributed by atoms with Gasteiger partial charge in [0.15, 0.2) is 0 Å². The summed E-state index contributed by atoms with van der Waals surface area (Å²) in [5.41, 5.74) is 5.04. The largest absolute Gasteiger partial charge is 0.490 e. The van der Waals surface area contributed by atoms with E-state index in [4.69, 9.17) is 14.6 Å². The van der Waals surface area contributed by atoms with Crippen molar-refractivity contribution in [1.82, 2.24) is 20.4 Å². The van der Waals surface area contributed by atoms with E-state index in [2.05, 4.69) is 16.7 Å². The Morgan fingerprint density at radius 1 is 1.20 bits per heavy atom. The zero-order valence-electron chi connectivity index (χ0n) is 20.2. The molecule has 0 saturated heterocycles. The molecular formula is C27H28N4O4. The van der Waals surface area contributed by atoms with Crippen molar-refractivity contribution in [2.45, 2.75) is 52.4 Å². The lowest BCUT2D eigenvalue weighted by molar-refractivity contribution is -0.143. The Balaban J connectivity index is 1.67. The molecule has 3 heterocycles. The molecule has 0 aliphatic carbocycles. The number of aromatic nitrogens is 2. The van der Waals surface area contributed by atoms with Crippen LogP contribution in [-0.2, 0) is 16.0 Å². The number of fused-ring (bicyclic) bond motifs is 1. The number of urea groups is 1. The molecule has 2 aromatic carbocycles. The highest BCUT2D eigenvalue weighted by atomic mass is 16.5. The van der Waals surface area contributed by atoms with Gasteiger partial charge in [0.2, 0.25) is 0 Å². The molecule has 0 spiro atoms. The highest BCUT2D eigenvalue weighted by Gasteiger charge is 2.36. The SMILES string of the molecule is CC1=C(C(=O)OC(C)C)C(c2cn(-c3ccccc3)nc2-c2ccc3c(c2)CC(C)O3)NC(=O)N1. The van der Waals surface area contributed by atoms with Gasteiger partial charge in [0, 0.05) is 29.4 Å². The van der Waals surface area contributed by atoms with Gasteiger partial charge in [0.05, 0.1) is 29.1 Å². The van der Waals surface area contributed by atoms with Crippen molar-refractivity contribution >= 4 is 12.0 Å². The Labute approximate surface area is 203 Å². The van der Waals surface area contributed by atoms with Gasteiger partial charge in [0.1, 0.15) is 11.9 Å². The van der Waals surface area contributed by atoms with E-state index in [0.29, 0.717) is 22.5 Å². The third-order valence-corrected chi connectivity index (χ3v) is 6.08. The first-order valence-electron chi connectivity index (χ1n) is 11.7. The Kier molecular flexibility index (Phi) is 5.80. The molecule has 3 aromatic rings. The van der Waals surface area contributed by atoms with Gasteiger partial charge in [-0.2, -0.15) is 5.10 Å². The van der Waals surface area contributed by atoms with Crippen LogP contribution < -0.4 is 15.4 Å². The van der Waals surface area contributed by atoms with Crippen LogP contribution in [-0.4, -0.2) is 34.0 Å². The quantitative estimate of drug-likeness (QED) is 0.536. The van der Waals surface area contributed by atoms with Crippen molar-refractivity contribution in [2.75, 3.05) is 0 Å². The first kappa shape index (κ1) is 22.7. The van der Waals surface area contributed by atoms with Gasteiger partial charge in [-0.1, -0.05) is 18.2 Å². The van der Waals surface area contributed by atoms with Crippen molar-refractivity contribution in [3.63, 3.8) is 0 Å². The maximum atomic E-state index is 13.1. The molecule has 0 bridgehead atoms. The third kappa shape index (κ3) is 4.39. The summed E-state index contributed by atoms with van der Waals surface area (Å²) >= 11 is 0. The third-order valence-electron chi connectivity index (χ3n) is 6.08. The molecule has 2 amide bonds. The lowest BCUT2D eigenvalue weighted by atomic mass is 9.93. The maximum Gasteiger partial charge on any atom is 0.338 e. The van der Waals surface area contributed by atoms with E-state index in [1.54, 1.807) is 25.5 Å². The molecule has 5 rings (SSSR count). The monoisotopic (exact) mass is 472 g/mol. The predicted molar refractivity (Wildman–Crippen MR) is 131 cm³/mol. The molecule has 8 nitrogen and oxygen atoms in total. The molecule has 2 unspecified atom stereocenters. The van der Waals surface area contributed by atoms with Gasteiger partial charge >= 0.3 is 12.0 Å². The molecule has 2 aliphatic heterocycles. The van der Waals surface area contributed by atoms with Crippen LogP contribution in [0.25, 0.3) is 16.9 Å². The fourth-order valence-corrected chi connectivity index (χ4v) is 4.58. The normalized spacial score (nSPS) is 19.2. The number of ether oxygens (including phenoxy) is 2. The molecule has 2 aliphatic rings. The number of rotatable bonds is 5. The number of hydrogen-bond donors (Lipinski definition) is 2. The molecule has 2 N–H and O–H groups in total. The number of amides is 2. The van der Waals surface area contributed by atoms with Crippen molar-refractivity contribution in [3.8, 4) is 22.7 Å². The summed E-state index contributed by atoms with van der Waals surface area (Å²) in [4.78, 5) is 25.6. The van der Waals surface area contributed by atoms with Crippen LogP contribution in [0, 0.1) is 0 Å². The standard InChI is InChI=1S/C27H28N4O4/c1-15(2)34-26(32)23-17(4)28-27(33)29-25(23)21-14-31(20-8-6-5-7-9-20)30-24(21)18-10-11-22-19(13-18)12-16(3)35-22/h5-11,13-16,25H,12H2,1-4H3,(H2,28,29,33). The summed E-state index contributed by atoms with van der Waals surface area (Å²) in [5.74, 6) is 0.391. The molecule has 0 fully saturated rings. The Morgan fingerprint density at radius 2 is 1.97 bits per heavy atom. The second kappa shape index (κ2) is 8.94. The van der Waals surface area contributed by atoms with Crippen LogP contribution in [0.4, 0.5) is 4.79 Å². The number of benzene rings is 2. The molecule has 180 valence electrons. The summed E-state index contributed by atoms with van der Waals surface area (Å²) in [6, 6.07) is 14.6. The molecule has 35 heavy (non-hydrogen) atoms. The minimum atomic E-state index is -0.731. The van der Waals surface area contributed by atoms with Crippen LogP contribution >= 0.6 is 0 Å². The smallest absolute Gasteiger partial charge is 0.338 e. The summed E-state index contributed by atoms with van der Waals surface area (Å²) < 4.78 is 13.2. The van der Waals surface area contributed by atoms with Crippen molar-refractivity contribution in [2.24, 2.45) is 0 Å². The van der Waals surface area contributed by atoms with E-state index >= 15 is 0 Å². The molecule has 1 aromatic heterocycles. The number of para-hydroxylation sites is 1. The first-order chi connectivity index (χ1) is 16.8. The number of nitrogens with zero attached hydrogens (tertiary/aromatic N) is 2. The number of esters is 1. The van der Waals surface area contributed by atoms with Crippen molar-refractivity contribution in [3.05, 3.63) is 77.1 Å². The Morgan fingerprint density at radius 3 is 2.71 bits per heavy atom. The number of hydrogen-bond acceptors (Lipinski definition) is 5. The highest BCUT2D eigenvalue weighted by Crippen LogP contribution is 2.38. The number of allylic oxidation sites excluding steroid dienone is 1. The lowest BCUT2D eigenvalue weighted by Gasteiger charge is -2.28. The number of nitrogens with one attached hydrogen (secondary N) is 2. The average molecular weight is 473 g/mol. The first-order valence-corrected chi connectivity index (χ1v) is 11.7. The summed E-state index contributed by atoms with van der Waals surface area (Å²) in [7, 11) is 0. The highest BCUT2D eigenvalue weighted by molar-refractivity contribution is 5.95. The van der Waals surface area contributed by atoms with E-state index in [1.165, 1.54) is 0 Å². The van der Waals surface area contributed by atoms with Crippen molar-refractivity contribution < 1.29 is 19.1 Å². The van der Waals surface area contributed by atoms with Crippen LogP contribution in [0.5, 0.6) is 5.75 Å². The van der Waals surface area contributed by atoms with Gasteiger partial charge in [-0.25, -0.2) is 14.3 Å². The predicted octanol–water partition coefficient (Wildman–Crippen LogP) is 4.44. The van der Waals surface area contributed by atoms with E-state index < -0.39 is 12.0 Å². The summed E-state index contributed by atoms with van der Waals surface area (Å²) in [5, 5.41) is 10.5. The lowest BCUT2D eigenvalue weighted by Crippen LogP contribution is -2.45. The van der Waals surface area contributed by atoms with Crippen molar-refractivity contribution in [1.29, 1.82) is 0 Å². The molecular weight excluding hydrogens is 444 g/mol. The molecule has 8 heteroatoms. The summed E-state index contributed by atoms with van der Waals surface area (Å²) in [6.07, 6.45) is 2.50. The van der Waals surface area contributed by atoms with E-state index in [0.717, 1.165) is 29.0 Å². The topological polar surface area (TPSA) is 94.5 Å². The zero-order chi connectivity index (χ0) is 24.7. The fourth-order valence-electron chi connectivity index (χ4n) is 4.58. The Bertz CT molecular complexity index is 1330. The molecule has 2 atom stereocenters. The molecule has 0 radical (unpaired) electrons. The van der Waals surface area contributed by atoms with Gasteiger partial charge < -0.3 is 20.1 Å². The van der Waals surface area contributed by atoms with Crippen LogP contribution in [0.15, 0.2) is 66.0 Å². The number of carbonyl (C=O) groups is 2. The van der Waals surface area contributed by atoms with Gasteiger partial charge in [-0.3, -0.25) is 0 Å². The average Bonchev–Trinajstić information content (AvgIpc) is 3.41. The van der Waals surface area contributed by atoms with E-state index in [9.17, 15) is 9.59 Å². The van der Waals surface area contributed by atoms with E-state index in [-0.39, 0.29) is 18.2 Å². The van der Waals surface area contributed by atoms with E-state index in [1.807, 2.05) is 55.6 Å². The van der Waals surface area contributed by atoms with Crippen LogP contribution in [0.2, 0.25) is 0 Å². The Hall–Kier alpha value is -4.07. The minimum Gasteiger partial charge on any atom is -0.490 e. The van der Waals surface area contributed by atoms with Gasteiger partial charge in [-0.15, -0.1) is 0 Å². The summed E-state index contributed by atoms with van der Waals surface area (Å²) in [6.45, 7) is 7.34. The second-order valence-corrected chi connectivity index (χ2v) is 9.19. The zero-order valence-corrected chi connectivity index (χ0v) is 20.2. The second-order valence-electron chi connectivity index (χ2n) is 9.19. The molecule has 0 saturated carbocycles.